The molecule has 0 unspecified atom stereocenters. The van der Waals surface area contributed by atoms with E-state index in [1.807, 2.05) is 38.1 Å². The van der Waals surface area contributed by atoms with Crippen molar-refractivity contribution in [1.82, 2.24) is 5.32 Å². The quantitative estimate of drug-likeness (QED) is 0.807. The lowest BCUT2D eigenvalue weighted by molar-refractivity contribution is 0.0935. The molecule has 7 heteroatoms. The highest BCUT2D eigenvalue weighted by atomic mass is 35.5. The topological polar surface area (TPSA) is 66.5 Å². The number of hydrogen-bond acceptors (Lipinski definition) is 3. The number of nitrogens with one attached hydrogen (secondary N) is 1. The van der Waals surface area contributed by atoms with E-state index in [4.69, 9.17) is 11.6 Å². The molecule has 0 saturated heterocycles. The molecule has 5 nitrogen and oxygen atoms in total. The van der Waals surface area contributed by atoms with E-state index in [2.05, 4.69) is 5.32 Å². The molecule has 0 spiro atoms. The lowest BCUT2D eigenvalue weighted by Gasteiger charge is -2.20. The molecule has 2 aromatic rings. The number of sulfonamides is 1. The summed E-state index contributed by atoms with van der Waals surface area (Å²) in [7, 11) is -1.96. The van der Waals surface area contributed by atoms with E-state index < -0.39 is 10.0 Å². The molecule has 0 aromatic heterocycles. The molecule has 2 rings (SSSR count). The molecule has 0 radical (unpaired) electrons. The van der Waals surface area contributed by atoms with Crippen LogP contribution in [0.3, 0.4) is 0 Å². The maximum absolute atomic E-state index is 12.6. The molecule has 0 saturated carbocycles. The molecular weight excluding hydrogens is 372 g/mol. The summed E-state index contributed by atoms with van der Waals surface area (Å²) in [5.41, 5.74) is 2.89. The van der Waals surface area contributed by atoms with Gasteiger partial charge in [-0.25, -0.2) is 8.42 Å². The van der Waals surface area contributed by atoms with Crippen LogP contribution in [0, 0.1) is 6.92 Å². The summed E-state index contributed by atoms with van der Waals surface area (Å²) in [4.78, 5) is 12.6. The smallest absolute Gasteiger partial charge is 0.253 e. The molecule has 1 amide bonds. The molecular formula is C19H23ClN2O3S. The van der Waals surface area contributed by atoms with Crippen LogP contribution < -0.4 is 9.62 Å². The number of hydrogen-bond donors (Lipinski definition) is 1. The van der Waals surface area contributed by atoms with E-state index in [1.165, 1.54) is 19.2 Å². The Morgan fingerprint density at radius 2 is 1.81 bits per heavy atom. The number of amides is 1. The first-order chi connectivity index (χ1) is 12.1. The molecule has 1 N–H and O–H groups in total. The van der Waals surface area contributed by atoms with E-state index in [9.17, 15) is 13.2 Å². The van der Waals surface area contributed by atoms with Gasteiger partial charge in [0, 0.05) is 7.05 Å². The number of halogens is 1. The average molecular weight is 395 g/mol. The first-order valence-corrected chi connectivity index (χ1v) is 10.5. The minimum Gasteiger partial charge on any atom is -0.345 e. The molecule has 0 fully saturated rings. The van der Waals surface area contributed by atoms with Crippen LogP contribution in [-0.2, 0) is 10.0 Å². The van der Waals surface area contributed by atoms with Crippen LogP contribution in [0.1, 0.15) is 40.9 Å². The summed E-state index contributed by atoms with van der Waals surface area (Å²) in [5.74, 6) is -0.295. The lowest BCUT2D eigenvalue weighted by atomic mass is 10.0. The standard InChI is InChI=1S/C19H23ClN2O3S/c1-5-18(14-8-6-13(2)7-9-14)21-19(23)16-11-10-15(12-17(16)20)22(3)26(4,24)25/h6-12,18H,5H2,1-4H3,(H,21,23)/t18-/m0/s1. The Morgan fingerprint density at radius 3 is 2.31 bits per heavy atom. The van der Waals surface area contributed by atoms with Crippen molar-refractivity contribution in [2.75, 3.05) is 17.6 Å². The van der Waals surface area contributed by atoms with Crippen molar-refractivity contribution in [1.29, 1.82) is 0 Å². The highest BCUT2D eigenvalue weighted by Crippen LogP contribution is 2.25. The zero-order valence-corrected chi connectivity index (χ0v) is 16.9. The summed E-state index contributed by atoms with van der Waals surface area (Å²) in [6.45, 7) is 4.01. The number of carbonyl (C=O) groups excluding carboxylic acids is 1. The van der Waals surface area contributed by atoms with Gasteiger partial charge < -0.3 is 5.32 Å². The van der Waals surface area contributed by atoms with Crippen LogP contribution in [0.15, 0.2) is 42.5 Å². The van der Waals surface area contributed by atoms with Gasteiger partial charge in [0.05, 0.1) is 28.6 Å². The summed E-state index contributed by atoms with van der Waals surface area (Å²) in [6, 6.07) is 12.5. The van der Waals surface area contributed by atoms with Crippen molar-refractivity contribution in [3.05, 3.63) is 64.2 Å². The Bertz CT molecular complexity index is 896. The molecule has 2 aromatic carbocycles. The highest BCUT2D eigenvalue weighted by molar-refractivity contribution is 7.92. The average Bonchev–Trinajstić information content (AvgIpc) is 2.58. The van der Waals surface area contributed by atoms with Gasteiger partial charge in [-0.05, 0) is 37.1 Å². The fraction of sp³-hybridized carbons (Fsp3) is 0.316. The van der Waals surface area contributed by atoms with E-state index in [-0.39, 0.29) is 17.0 Å². The second kappa shape index (κ2) is 8.10. The van der Waals surface area contributed by atoms with E-state index in [0.717, 1.165) is 28.1 Å². The molecule has 140 valence electrons. The Morgan fingerprint density at radius 1 is 1.19 bits per heavy atom. The lowest BCUT2D eigenvalue weighted by Crippen LogP contribution is -2.29. The van der Waals surface area contributed by atoms with Gasteiger partial charge in [0.25, 0.3) is 5.91 Å². The van der Waals surface area contributed by atoms with Gasteiger partial charge in [0.2, 0.25) is 10.0 Å². The molecule has 1 atom stereocenters. The molecule has 0 heterocycles. The van der Waals surface area contributed by atoms with Crippen molar-refractivity contribution in [2.24, 2.45) is 0 Å². The monoisotopic (exact) mass is 394 g/mol. The molecule has 0 aliphatic rings. The van der Waals surface area contributed by atoms with Gasteiger partial charge >= 0.3 is 0 Å². The summed E-state index contributed by atoms with van der Waals surface area (Å²) in [5, 5.41) is 3.19. The number of rotatable bonds is 6. The van der Waals surface area contributed by atoms with Crippen LogP contribution in [-0.4, -0.2) is 27.6 Å². The van der Waals surface area contributed by atoms with Crippen LogP contribution in [0.4, 0.5) is 5.69 Å². The first kappa shape index (κ1) is 20.3. The van der Waals surface area contributed by atoms with Gasteiger partial charge in [0.1, 0.15) is 0 Å². The Labute approximate surface area is 160 Å². The van der Waals surface area contributed by atoms with Crippen LogP contribution in [0.2, 0.25) is 5.02 Å². The van der Waals surface area contributed by atoms with E-state index in [1.54, 1.807) is 6.07 Å². The predicted octanol–water partition coefficient (Wildman–Crippen LogP) is 3.93. The van der Waals surface area contributed by atoms with Gasteiger partial charge in [-0.1, -0.05) is 48.4 Å². The van der Waals surface area contributed by atoms with Crippen molar-refractivity contribution in [2.45, 2.75) is 26.3 Å². The third kappa shape index (κ3) is 4.77. The predicted molar refractivity (Wildman–Crippen MR) is 106 cm³/mol. The van der Waals surface area contributed by atoms with Crippen molar-refractivity contribution >= 4 is 33.2 Å². The SMILES string of the molecule is CC[C@H](NC(=O)c1ccc(N(C)S(C)(=O)=O)cc1Cl)c1ccc(C)cc1. The van der Waals surface area contributed by atoms with Gasteiger partial charge in [-0.2, -0.15) is 0 Å². The van der Waals surface area contributed by atoms with Crippen molar-refractivity contribution < 1.29 is 13.2 Å². The Balaban J connectivity index is 2.22. The summed E-state index contributed by atoms with van der Waals surface area (Å²) >= 11 is 6.23. The number of carbonyl (C=O) groups is 1. The third-order valence-electron chi connectivity index (χ3n) is 4.25. The minimum absolute atomic E-state index is 0.127. The third-order valence-corrected chi connectivity index (χ3v) is 5.77. The molecule has 0 bridgehead atoms. The zero-order chi connectivity index (χ0) is 19.5. The number of benzene rings is 2. The van der Waals surface area contributed by atoms with E-state index >= 15 is 0 Å². The second-order valence-electron chi connectivity index (χ2n) is 6.24. The van der Waals surface area contributed by atoms with Crippen molar-refractivity contribution in [3.63, 3.8) is 0 Å². The fourth-order valence-corrected chi connectivity index (χ4v) is 3.29. The molecule has 0 aliphatic heterocycles. The maximum atomic E-state index is 12.6. The van der Waals surface area contributed by atoms with Crippen LogP contribution >= 0.6 is 11.6 Å². The van der Waals surface area contributed by atoms with Crippen LogP contribution in [0.25, 0.3) is 0 Å². The zero-order valence-electron chi connectivity index (χ0n) is 15.3. The number of aryl methyl sites for hydroxylation is 1. The van der Waals surface area contributed by atoms with Gasteiger partial charge in [-0.3, -0.25) is 9.10 Å². The highest BCUT2D eigenvalue weighted by Gasteiger charge is 2.19. The molecule has 26 heavy (non-hydrogen) atoms. The van der Waals surface area contributed by atoms with Gasteiger partial charge in [-0.15, -0.1) is 0 Å². The summed E-state index contributed by atoms with van der Waals surface area (Å²) in [6.07, 6.45) is 1.84. The molecule has 0 aliphatic carbocycles. The van der Waals surface area contributed by atoms with Crippen LogP contribution in [0.5, 0.6) is 0 Å². The Kier molecular flexibility index (Phi) is 6.31. The Hall–Kier alpha value is -2.05. The number of anilines is 1. The van der Waals surface area contributed by atoms with Crippen molar-refractivity contribution in [3.8, 4) is 0 Å². The largest absolute Gasteiger partial charge is 0.345 e. The normalized spacial score (nSPS) is 12.5. The maximum Gasteiger partial charge on any atom is 0.253 e. The van der Waals surface area contributed by atoms with Gasteiger partial charge in [0.15, 0.2) is 0 Å². The second-order valence-corrected chi connectivity index (χ2v) is 8.66. The minimum atomic E-state index is -3.39. The van der Waals surface area contributed by atoms with E-state index in [0.29, 0.717) is 11.3 Å². The fourth-order valence-electron chi connectivity index (χ4n) is 2.53. The first-order valence-electron chi connectivity index (χ1n) is 8.24. The number of nitrogens with zero attached hydrogens (tertiary/aromatic N) is 1. The summed E-state index contributed by atoms with van der Waals surface area (Å²) < 4.78 is 24.4.